The third-order valence-electron chi connectivity index (χ3n) is 11.3. The van der Waals surface area contributed by atoms with Gasteiger partial charge in [-0.2, -0.15) is 0 Å². The number of benzene rings is 3. The summed E-state index contributed by atoms with van der Waals surface area (Å²) >= 11 is 3.48. The van der Waals surface area contributed by atoms with Gasteiger partial charge in [0.1, 0.15) is 0 Å². The van der Waals surface area contributed by atoms with Crippen LogP contribution in [-0.2, 0) is 27.3 Å². The highest BCUT2D eigenvalue weighted by Crippen LogP contribution is 2.45. The van der Waals surface area contributed by atoms with E-state index < -0.39 is 17.3 Å². The number of hydrogen-bond acceptors (Lipinski definition) is 4. The molecule has 51 heavy (non-hydrogen) atoms. The molecule has 1 aliphatic heterocycles. The van der Waals surface area contributed by atoms with E-state index in [1.807, 2.05) is 72.8 Å². The minimum absolute atomic E-state index is 0.0787. The summed E-state index contributed by atoms with van der Waals surface area (Å²) in [5.74, 6) is -3.46. The molecule has 0 spiro atoms. The van der Waals surface area contributed by atoms with Gasteiger partial charge >= 0.3 is 0 Å². The standard InChI is InChI=1S/C42H52BrF2N3O3/c1-3-36(17-14-32-10-6-4-7-11-32)41(40(51)48(31(2)49)30-33-15-18-37(43)19-16-33)25-28-47(29-26-41)27-22-38(34-12-8-5-9-13-34)46-39(50)35-20-23-42(44,45)24-21-35/h4-13,15-16,18-19,35-36,38H,3,14,17,20-30H2,1-2H3,(H,46,50)/t36-,38-/m0/s1. The number of piperidine rings is 1. The summed E-state index contributed by atoms with van der Waals surface area (Å²) in [5, 5.41) is 3.21. The summed E-state index contributed by atoms with van der Waals surface area (Å²) in [6, 6.07) is 27.7. The van der Waals surface area contributed by atoms with E-state index in [1.165, 1.54) is 17.4 Å². The zero-order chi connectivity index (χ0) is 36.4. The molecule has 2 atom stereocenters. The number of hydrogen-bond donors (Lipinski definition) is 1. The number of aryl methyl sites for hydroxylation is 1. The maximum Gasteiger partial charge on any atom is 0.248 e. The molecular weight excluding hydrogens is 712 g/mol. The van der Waals surface area contributed by atoms with Crippen LogP contribution in [0.15, 0.2) is 89.4 Å². The van der Waals surface area contributed by atoms with Gasteiger partial charge in [-0.25, -0.2) is 8.78 Å². The molecular formula is C42H52BrF2N3O3. The van der Waals surface area contributed by atoms with E-state index in [4.69, 9.17) is 0 Å². The Morgan fingerprint density at radius 2 is 1.47 bits per heavy atom. The molecule has 0 unspecified atom stereocenters. The van der Waals surface area contributed by atoms with Crippen molar-refractivity contribution in [3.63, 3.8) is 0 Å². The SMILES string of the molecule is CC[C@@H](CCc1ccccc1)C1(C(=O)N(Cc2ccc(Br)cc2)C(C)=O)CCN(CC[C@H](NC(=O)C2CCC(F)(F)CC2)c2ccccc2)CC1. The Morgan fingerprint density at radius 1 is 0.863 bits per heavy atom. The van der Waals surface area contributed by atoms with Crippen LogP contribution in [0, 0.1) is 17.3 Å². The van der Waals surface area contributed by atoms with Crippen molar-refractivity contribution >= 4 is 33.7 Å². The minimum Gasteiger partial charge on any atom is -0.349 e. The molecule has 1 saturated heterocycles. The van der Waals surface area contributed by atoms with Crippen LogP contribution in [0.1, 0.15) is 94.4 Å². The van der Waals surface area contributed by atoms with Crippen LogP contribution >= 0.6 is 15.9 Å². The second-order valence-electron chi connectivity index (χ2n) is 14.6. The fourth-order valence-corrected chi connectivity index (χ4v) is 8.37. The third kappa shape index (κ3) is 10.3. The fraction of sp³-hybridized carbons (Fsp3) is 0.500. The zero-order valence-corrected chi connectivity index (χ0v) is 31.6. The Balaban J connectivity index is 1.31. The van der Waals surface area contributed by atoms with Gasteiger partial charge in [0, 0.05) is 36.7 Å². The Bertz CT molecular complexity index is 1570. The predicted octanol–water partition coefficient (Wildman–Crippen LogP) is 9.14. The topological polar surface area (TPSA) is 69.7 Å². The van der Waals surface area contributed by atoms with Crippen LogP contribution in [0.5, 0.6) is 0 Å². The largest absolute Gasteiger partial charge is 0.349 e. The van der Waals surface area contributed by atoms with Gasteiger partial charge in [0.25, 0.3) is 0 Å². The van der Waals surface area contributed by atoms with Gasteiger partial charge in [-0.3, -0.25) is 19.3 Å². The number of likely N-dealkylation sites (tertiary alicyclic amines) is 1. The van der Waals surface area contributed by atoms with Gasteiger partial charge in [-0.1, -0.05) is 102 Å². The monoisotopic (exact) mass is 763 g/mol. The fourth-order valence-electron chi connectivity index (χ4n) is 8.11. The maximum absolute atomic E-state index is 14.8. The lowest BCUT2D eigenvalue weighted by Gasteiger charge is -2.47. The quantitative estimate of drug-likeness (QED) is 0.178. The number of amides is 3. The molecule has 9 heteroatoms. The Hall–Kier alpha value is -3.43. The van der Waals surface area contributed by atoms with E-state index in [0.717, 1.165) is 34.9 Å². The molecule has 6 nitrogen and oxygen atoms in total. The van der Waals surface area contributed by atoms with Crippen LogP contribution in [-0.4, -0.2) is 53.1 Å². The van der Waals surface area contributed by atoms with Gasteiger partial charge < -0.3 is 10.2 Å². The van der Waals surface area contributed by atoms with E-state index in [-0.39, 0.29) is 61.9 Å². The highest BCUT2D eigenvalue weighted by Gasteiger charge is 2.49. The van der Waals surface area contributed by atoms with Gasteiger partial charge in [-0.15, -0.1) is 0 Å². The molecule has 1 saturated carbocycles. The summed E-state index contributed by atoms with van der Waals surface area (Å²) in [4.78, 5) is 45.1. The highest BCUT2D eigenvalue weighted by molar-refractivity contribution is 9.10. The van der Waals surface area contributed by atoms with Crippen molar-refractivity contribution in [2.24, 2.45) is 17.3 Å². The van der Waals surface area contributed by atoms with Gasteiger partial charge in [0.2, 0.25) is 23.6 Å². The molecule has 1 N–H and O–H groups in total. The number of carbonyl (C=O) groups excluding carboxylic acids is 3. The number of halogens is 3. The first kappa shape index (κ1) is 38.8. The minimum atomic E-state index is -2.68. The summed E-state index contributed by atoms with van der Waals surface area (Å²) in [5.41, 5.74) is 2.45. The smallest absolute Gasteiger partial charge is 0.248 e. The van der Waals surface area contributed by atoms with Crippen molar-refractivity contribution in [3.8, 4) is 0 Å². The molecule has 0 bridgehead atoms. The van der Waals surface area contributed by atoms with Crippen LogP contribution in [0.25, 0.3) is 0 Å². The van der Waals surface area contributed by atoms with Crippen molar-refractivity contribution in [1.29, 1.82) is 0 Å². The van der Waals surface area contributed by atoms with E-state index in [1.54, 1.807) is 0 Å². The normalized spacial score (nSPS) is 18.8. The second-order valence-corrected chi connectivity index (χ2v) is 15.5. The van der Waals surface area contributed by atoms with Crippen LogP contribution in [0.2, 0.25) is 0 Å². The van der Waals surface area contributed by atoms with E-state index in [2.05, 4.69) is 45.2 Å². The molecule has 3 aromatic rings. The molecule has 1 aliphatic carbocycles. The molecule has 0 radical (unpaired) electrons. The van der Waals surface area contributed by atoms with Crippen molar-refractivity contribution in [2.45, 2.75) is 96.6 Å². The van der Waals surface area contributed by atoms with Crippen LogP contribution in [0.4, 0.5) is 8.78 Å². The number of nitrogens with one attached hydrogen (secondary N) is 1. The first-order valence-corrected chi connectivity index (χ1v) is 19.4. The summed E-state index contributed by atoms with van der Waals surface area (Å²) < 4.78 is 28.6. The average Bonchev–Trinajstić information content (AvgIpc) is 3.14. The predicted molar refractivity (Wildman–Crippen MR) is 201 cm³/mol. The molecule has 274 valence electrons. The van der Waals surface area contributed by atoms with Crippen LogP contribution in [0.3, 0.4) is 0 Å². The lowest BCUT2D eigenvalue weighted by molar-refractivity contribution is -0.158. The van der Waals surface area contributed by atoms with E-state index in [9.17, 15) is 23.2 Å². The van der Waals surface area contributed by atoms with Crippen molar-refractivity contribution in [2.75, 3.05) is 19.6 Å². The van der Waals surface area contributed by atoms with Gasteiger partial charge in [0.05, 0.1) is 18.0 Å². The second kappa shape index (κ2) is 17.9. The number of imide groups is 1. The zero-order valence-electron chi connectivity index (χ0n) is 30.0. The van der Waals surface area contributed by atoms with E-state index >= 15 is 0 Å². The lowest BCUT2D eigenvalue weighted by atomic mass is 9.64. The molecule has 3 amide bonds. The summed E-state index contributed by atoms with van der Waals surface area (Å²) in [7, 11) is 0. The molecule has 0 aromatic heterocycles. The Morgan fingerprint density at radius 3 is 2.06 bits per heavy atom. The Labute approximate surface area is 310 Å². The molecule has 2 aliphatic rings. The average molecular weight is 765 g/mol. The maximum atomic E-state index is 14.8. The van der Waals surface area contributed by atoms with Gasteiger partial charge in [0.15, 0.2) is 0 Å². The van der Waals surface area contributed by atoms with E-state index in [0.29, 0.717) is 38.9 Å². The number of rotatable bonds is 14. The van der Waals surface area contributed by atoms with Gasteiger partial charge in [-0.05, 0) is 92.8 Å². The number of nitrogens with zero attached hydrogens (tertiary/aromatic N) is 2. The Kier molecular flexibility index (Phi) is 13.6. The van der Waals surface area contributed by atoms with Crippen molar-refractivity contribution in [1.82, 2.24) is 15.1 Å². The number of alkyl halides is 2. The molecule has 3 aromatic carbocycles. The van der Waals surface area contributed by atoms with Crippen molar-refractivity contribution in [3.05, 3.63) is 106 Å². The first-order valence-electron chi connectivity index (χ1n) is 18.6. The summed E-state index contributed by atoms with van der Waals surface area (Å²) in [6.07, 6.45) is 4.39. The molecule has 5 rings (SSSR count). The highest BCUT2D eigenvalue weighted by atomic mass is 79.9. The molecule has 1 heterocycles. The summed E-state index contributed by atoms with van der Waals surface area (Å²) in [6.45, 7) is 5.99. The molecule has 2 fully saturated rings. The lowest BCUT2D eigenvalue weighted by Crippen LogP contribution is -2.54. The number of carbonyl (C=O) groups is 3. The van der Waals surface area contributed by atoms with Crippen LogP contribution < -0.4 is 5.32 Å². The third-order valence-corrected chi connectivity index (χ3v) is 11.8. The first-order chi connectivity index (χ1) is 24.5. The van der Waals surface area contributed by atoms with Crippen molar-refractivity contribution < 1.29 is 23.2 Å².